The molecular formula is C20H16ClNS. The SMILES string of the molecule is C=C(C)C1C=C(c2ccccc2)Sc2[nH]c3c(Cl)cccc3c21. The molecule has 0 amide bonds. The summed E-state index contributed by atoms with van der Waals surface area (Å²) in [6, 6.07) is 16.6. The number of allylic oxidation sites excluding steroid dienone is 2. The van der Waals surface area contributed by atoms with Gasteiger partial charge in [0.05, 0.1) is 15.6 Å². The van der Waals surface area contributed by atoms with Crippen LogP contribution >= 0.6 is 23.4 Å². The van der Waals surface area contributed by atoms with E-state index in [1.165, 1.54) is 26.4 Å². The smallest absolute Gasteiger partial charge is 0.0823 e. The van der Waals surface area contributed by atoms with Gasteiger partial charge in [-0.15, -0.1) is 0 Å². The first-order valence-corrected chi connectivity index (χ1v) is 8.75. The van der Waals surface area contributed by atoms with E-state index in [0.717, 1.165) is 16.1 Å². The van der Waals surface area contributed by atoms with Gasteiger partial charge < -0.3 is 4.98 Å². The number of aromatic nitrogens is 1. The number of nitrogens with one attached hydrogen (secondary N) is 1. The Bertz CT molecular complexity index is 937. The predicted octanol–water partition coefficient (Wildman–Crippen LogP) is 6.63. The summed E-state index contributed by atoms with van der Waals surface area (Å²) in [6.45, 7) is 6.30. The maximum Gasteiger partial charge on any atom is 0.0823 e. The van der Waals surface area contributed by atoms with Crippen molar-refractivity contribution in [1.29, 1.82) is 0 Å². The van der Waals surface area contributed by atoms with Crippen molar-refractivity contribution in [2.24, 2.45) is 0 Å². The van der Waals surface area contributed by atoms with E-state index in [0.29, 0.717) is 0 Å². The Morgan fingerprint density at radius 3 is 2.65 bits per heavy atom. The summed E-state index contributed by atoms with van der Waals surface area (Å²) >= 11 is 8.15. The van der Waals surface area contributed by atoms with Gasteiger partial charge in [0.15, 0.2) is 0 Å². The second-order valence-electron chi connectivity index (χ2n) is 5.85. The molecule has 0 radical (unpaired) electrons. The molecule has 1 aliphatic rings. The van der Waals surface area contributed by atoms with Crippen molar-refractivity contribution in [1.82, 2.24) is 4.98 Å². The standard InChI is InChI=1S/C20H16ClNS/c1-12(2)15-11-17(13-7-4-3-5-8-13)23-20-18(15)14-9-6-10-16(21)19(14)22-20/h3-11,15,22H,1H2,2H3. The quantitative estimate of drug-likeness (QED) is 0.519. The van der Waals surface area contributed by atoms with E-state index >= 15 is 0 Å². The molecule has 3 aromatic rings. The zero-order valence-corrected chi connectivity index (χ0v) is 14.3. The first kappa shape index (κ1) is 14.7. The normalized spacial score (nSPS) is 17.0. The molecule has 0 fully saturated rings. The molecule has 1 N–H and O–H groups in total. The molecule has 2 aromatic carbocycles. The van der Waals surface area contributed by atoms with E-state index in [1.54, 1.807) is 11.8 Å². The minimum Gasteiger partial charge on any atom is -0.348 e. The average Bonchev–Trinajstić information content (AvgIpc) is 2.95. The van der Waals surface area contributed by atoms with Crippen LogP contribution in [0.1, 0.15) is 24.0 Å². The highest BCUT2D eigenvalue weighted by Crippen LogP contribution is 2.49. The molecule has 23 heavy (non-hydrogen) atoms. The van der Waals surface area contributed by atoms with Crippen LogP contribution in [-0.2, 0) is 0 Å². The summed E-state index contributed by atoms with van der Waals surface area (Å²) in [7, 11) is 0. The van der Waals surface area contributed by atoms with Gasteiger partial charge in [0, 0.05) is 21.8 Å². The number of hydrogen-bond donors (Lipinski definition) is 1. The Hall–Kier alpha value is -1.90. The monoisotopic (exact) mass is 337 g/mol. The van der Waals surface area contributed by atoms with Crippen molar-refractivity contribution in [3.63, 3.8) is 0 Å². The molecule has 1 aromatic heterocycles. The Balaban J connectivity index is 1.93. The molecule has 1 nitrogen and oxygen atoms in total. The van der Waals surface area contributed by atoms with Crippen LogP contribution in [0.5, 0.6) is 0 Å². The molecule has 2 heterocycles. The van der Waals surface area contributed by atoms with E-state index < -0.39 is 0 Å². The van der Waals surface area contributed by atoms with Crippen molar-refractivity contribution in [3.8, 4) is 0 Å². The van der Waals surface area contributed by atoms with Crippen molar-refractivity contribution in [2.45, 2.75) is 17.9 Å². The zero-order chi connectivity index (χ0) is 16.0. The molecule has 4 rings (SSSR count). The molecule has 1 atom stereocenters. The molecular weight excluding hydrogens is 322 g/mol. The largest absolute Gasteiger partial charge is 0.348 e. The molecule has 1 aliphatic heterocycles. The molecule has 0 aliphatic carbocycles. The third-order valence-electron chi connectivity index (χ3n) is 4.22. The number of para-hydroxylation sites is 1. The summed E-state index contributed by atoms with van der Waals surface area (Å²) in [5.41, 5.74) is 4.68. The van der Waals surface area contributed by atoms with Crippen LogP contribution < -0.4 is 0 Å². The summed E-state index contributed by atoms with van der Waals surface area (Å²) in [5.74, 6) is 0.202. The fourth-order valence-corrected chi connectivity index (χ4v) is 4.49. The second-order valence-corrected chi connectivity index (χ2v) is 7.31. The van der Waals surface area contributed by atoms with Gasteiger partial charge in [0.25, 0.3) is 0 Å². The van der Waals surface area contributed by atoms with Crippen molar-refractivity contribution in [3.05, 3.63) is 82.9 Å². The van der Waals surface area contributed by atoms with E-state index in [1.807, 2.05) is 18.2 Å². The fraction of sp³-hybridized carbons (Fsp3) is 0.100. The first-order chi connectivity index (χ1) is 11.1. The third kappa shape index (κ3) is 2.43. The molecule has 0 saturated heterocycles. The van der Waals surface area contributed by atoms with Gasteiger partial charge >= 0.3 is 0 Å². The number of fused-ring (bicyclic) bond motifs is 3. The van der Waals surface area contributed by atoms with Crippen molar-refractivity contribution in [2.75, 3.05) is 0 Å². The van der Waals surface area contributed by atoms with Gasteiger partial charge in [0.1, 0.15) is 0 Å². The van der Waals surface area contributed by atoms with Gasteiger partial charge in [-0.1, -0.05) is 84.1 Å². The van der Waals surface area contributed by atoms with Gasteiger partial charge in [0.2, 0.25) is 0 Å². The highest BCUT2D eigenvalue weighted by Gasteiger charge is 2.27. The minimum atomic E-state index is 0.202. The van der Waals surface area contributed by atoms with Crippen LogP contribution in [0.4, 0.5) is 0 Å². The van der Waals surface area contributed by atoms with Crippen LogP contribution in [0.3, 0.4) is 0 Å². The number of halogens is 1. The molecule has 1 unspecified atom stereocenters. The van der Waals surface area contributed by atoms with Gasteiger partial charge in [-0.3, -0.25) is 0 Å². The lowest BCUT2D eigenvalue weighted by Gasteiger charge is -2.22. The van der Waals surface area contributed by atoms with Crippen LogP contribution in [0.2, 0.25) is 5.02 Å². The Morgan fingerprint density at radius 1 is 1.13 bits per heavy atom. The summed E-state index contributed by atoms with van der Waals surface area (Å²) in [4.78, 5) is 4.78. The molecule has 3 heteroatoms. The maximum absolute atomic E-state index is 6.38. The van der Waals surface area contributed by atoms with Crippen molar-refractivity contribution >= 4 is 39.2 Å². The molecule has 0 bridgehead atoms. The molecule has 0 spiro atoms. The lowest BCUT2D eigenvalue weighted by atomic mass is 9.91. The Morgan fingerprint density at radius 2 is 1.91 bits per heavy atom. The van der Waals surface area contributed by atoms with Gasteiger partial charge in [-0.25, -0.2) is 0 Å². The topological polar surface area (TPSA) is 15.8 Å². The Labute approximate surface area is 145 Å². The number of aromatic amines is 1. The van der Waals surface area contributed by atoms with E-state index in [-0.39, 0.29) is 5.92 Å². The molecule has 114 valence electrons. The lowest BCUT2D eigenvalue weighted by Crippen LogP contribution is -2.02. The Kier molecular flexibility index (Phi) is 3.59. The number of benzene rings is 2. The number of thioether (sulfide) groups is 1. The number of H-pyrrole nitrogens is 1. The summed E-state index contributed by atoms with van der Waals surface area (Å²) in [6.07, 6.45) is 2.32. The summed E-state index contributed by atoms with van der Waals surface area (Å²) < 4.78 is 0. The highest BCUT2D eigenvalue weighted by atomic mass is 35.5. The van der Waals surface area contributed by atoms with Crippen LogP contribution in [0.15, 0.2) is 71.8 Å². The number of rotatable bonds is 2. The fourth-order valence-electron chi connectivity index (χ4n) is 3.09. The first-order valence-electron chi connectivity index (χ1n) is 7.55. The van der Waals surface area contributed by atoms with Gasteiger partial charge in [-0.2, -0.15) is 0 Å². The third-order valence-corrected chi connectivity index (χ3v) is 5.65. The van der Waals surface area contributed by atoms with Crippen LogP contribution in [0.25, 0.3) is 15.8 Å². The van der Waals surface area contributed by atoms with Crippen LogP contribution in [-0.4, -0.2) is 4.98 Å². The van der Waals surface area contributed by atoms with Crippen LogP contribution in [0, 0.1) is 0 Å². The van der Waals surface area contributed by atoms with E-state index in [2.05, 4.69) is 54.9 Å². The highest BCUT2D eigenvalue weighted by molar-refractivity contribution is 8.08. The zero-order valence-electron chi connectivity index (χ0n) is 12.8. The second kappa shape index (κ2) is 5.63. The van der Waals surface area contributed by atoms with E-state index in [4.69, 9.17) is 11.6 Å². The van der Waals surface area contributed by atoms with Gasteiger partial charge in [-0.05, 0) is 18.6 Å². The minimum absolute atomic E-state index is 0.202. The van der Waals surface area contributed by atoms with E-state index in [9.17, 15) is 0 Å². The number of hydrogen-bond acceptors (Lipinski definition) is 1. The molecule has 0 saturated carbocycles. The predicted molar refractivity (Wildman–Crippen MR) is 101 cm³/mol. The maximum atomic E-state index is 6.38. The van der Waals surface area contributed by atoms with Crippen molar-refractivity contribution < 1.29 is 0 Å². The average molecular weight is 338 g/mol. The summed E-state index contributed by atoms with van der Waals surface area (Å²) in [5, 5.41) is 3.12. The lowest BCUT2D eigenvalue weighted by molar-refractivity contribution is 0.958.